The number of esters is 1. The molecule has 1 unspecified atom stereocenters. The average Bonchev–Trinajstić information content (AvgIpc) is 2.84. The van der Waals surface area contributed by atoms with Gasteiger partial charge in [0, 0.05) is 13.1 Å². The Morgan fingerprint density at radius 3 is 2.16 bits per heavy atom. The van der Waals surface area contributed by atoms with Gasteiger partial charge < -0.3 is 4.74 Å². The summed E-state index contributed by atoms with van der Waals surface area (Å²) in [6.07, 6.45) is 18.1. The van der Waals surface area contributed by atoms with E-state index in [0.29, 0.717) is 0 Å². The molecule has 0 amide bonds. The summed E-state index contributed by atoms with van der Waals surface area (Å²) >= 11 is 0. The van der Waals surface area contributed by atoms with E-state index in [9.17, 15) is 4.79 Å². The molecule has 3 rings (SSSR count). The Kier molecular flexibility index (Phi) is 8.04. The first kappa shape index (κ1) is 17.0. The Bertz CT molecular complexity index is 255. The SMILES string of the molecule is COC(=O)[C@@H]1CN1C[C]1[CH][CH][CH][CH]1.[CH]1[CH][CH][CH][CH]1.[Fe+2]. The van der Waals surface area contributed by atoms with E-state index < -0.39 is 0 Å². The van der Waals surface area contributed by atoms with Crippen LogP contribution in [0.4, 0.5) is 0 Å². The van der Waals surface area contributed by atoms with Gasteiger partial charge >= 0.3 is 23.0 Å². The molecule has 3 nitrogen and oxygen atoms in total. The number of rotatable bonds is 3. The Balaban J connectivity index is 0.000000256. The molecular weight excluding hydrogens is 282 g/mol. The summed E-state index contributed by atoms with van der Waals surface area (Å²) in [5.74, 6) is 1.14. The van der Waals surface area contributed by atoms with Gasteiger partial charge in [0.15, 0.2) is 0 Å². The van der Waals surface area contributed by atoms with E-state index in [-0.39, 0.29) is 29.1 Å². The number of carbonyl (C=O) groups excluding carboxylic acids is 1. The fraction of sp³-hybridized carbons (Fsp3) is 0.267. The molecule has 2 aliphatic carbocycles. The molecule has 19 heavy (non-hydrogen) atoms. The normalized spacial score (nSPS) is 29.1. The van der Waals surface area contributed by atoms with Crippen LogP contribution >= 0.6 is 0 Å². The molecule has 2 saturated carbocycles. The molecule has 3 aliphatic rings. The van der Waals surface area contributed by atoms with Crippen LogP contribution in [0.3, 0.4) is 0 Å². The predicted molar refractivity (Wildman–Crippen MR) is 69.3 cm³/mol. The standard InChI is InChI=1S/C10H12NO2.C5H5.Fe/c1-13-10(12)9-7-11(9)6-8-4-2-3-5-8;1-2-4-5-3-1;/h2-5,9H,6-7H2,1H3;1-5H;/q;;+2/t9-,11?;;/m0../s1. The Morgan fingerprint density at radius 1 is 1.16 bits per heavy atom. The summed E-state index contributed by atoms with van der Waals surface area (Å²) in [6.45, 7) is 1.69. The largest absolute Gasteiger partial charge is 2.00 e. The fourth-order valence-electron chi connectivity index (χ4n) is 1.78. The van der Waals surface area contributed by atoms with Crippen molar-refractivity contribution in [1.29, 1.82) is 0 Å². The third-order valence-electron chi connectivity index (χ3n) is 2.86. The summed E-state index contributed by atoms with van der Waals surface area (Å²) < 4.78 is 4.64. The molecule has 0 aromatic carbocycles. The van der Waals surface area contributed by atoms with Crippen molar-refractivity contribution < 1.29 is 26.6 Å². The summed E-state index contributed by atoms with van der Waals surface area (Å²) in [5.41, 5.74) is 0. The number of ether oxygens (including phenoxy) is 1. The molecule has 0 aromatic heterocycles. The van der Waals surface area contributed by atoms with E-state index in [1.165, 1.54) is 13.0 Å². The van der Waals surface area contributed by atoms with Gasteiger partial charge in [-0.15, -0.1) is 0 Å². The van der Waals surface area contributed by atoms with Crippen LogP contribution < -0.4 is 0 Å². The van der Waals surface area contributed by atoms with Crippen molar-refractivity contribution in [2.75, 3.05) is 20.2 Å². The van der Waals surface area contributed by atoms with Crippen molar-refractivity contribution in [3.05, 3.63) is 63.7 Å². The smallest absolute Gasteiger partial charge is 0.468 e. The minimum Gasteiger partial charge on any atom is -0.468 e. The minimum atomic E-state index is -0.119. The quantitative estimate of drug-likeness (QED) is 0.446. The van der Waals surface area contributed by atoms with Crippen molar-refractivity contribution in [1.82, 2.24) is 4.90 Å². The summed E-state index contributed by atoms with van der Waals surface area (Å²) in [6, 6.07) is -0.0000926. The molecule has 0 spiro atoms. The van der Waals surface area contributed by atoms with Gasteiger partial charge in [-0.3, -0.25) is 9.69 Å². The topological polar surface area (TPSA) is 29.3 Å². The van der Waals surface area contributed by atoms with Crippen LogP contribution in [0.2, 0.25) is 0 Å². The second-order valence-electron chi connectivity index (χ2n) is 4.22. The molecule has 1 heterocycles. The van der Waals surface area contributed by atoms with Crippen LogP contribution in [0, 0.1) is 63.7 Å². The maximum absolute atomic E-state index is 11.0. The molecule has 0 N–H and O–H groups in total. The molecule has 1 saturated heterocycles. The number of carbonyl (C=O) groups is 1. The zero-order valence-corrected chi connectivity index (χ0v) is 11.9. The molecule has 3 fully saturated rings. The van der Waals surface area contributed by atoms with Crippen LogP contribution in [0.25, 0.3) is 0 Å². The maximum atomic E-state index is 11.0. The van der Waals surface area contributed by atoms with Crippen molar-refractivity contribution in [2.24, 2.45) is 0 Å². The third-order valence-corrected chi connectivity index (χ3v) is 2.86. The van der Waals surface area contributed by atoms with E-state index in [4.69, 9.17) is 0 Å². The first-order chi connectivity index (χ1) is 8.81. The van der Waals surface area contributed by atoms with Crippen LogP contribution in [-0.4, -0.2) is 37.1 Å². The second kappa shape index (κ2) is 8.99. The van der Waals surface area contributed by atoms with Crippen molar-refractivity contribution >= 4 is 5.97 Å². The monoisotopic (exact) mass is 299 g/mol. The van der Waals surface area contributed by atoms with Gasteiger partial charge in [0.2, 0.25) is 0 Å². The predicted octanol–water partition coefficient (Wildman–Crippen LogP) is 1.27. The van der Waals surface area contributed by atoms with Gasteiger partial charge in [-0.1, -0.05) is 0 Å². The molecule has 1 aliphatic heterocycles. The summed E-state index contributed by atoms with van der Waals surface area (Å²) in [4.78, 5) is 13.1. The molecule has 0 bridgehead atoms. The second-order valence-corrected chi connectivity index (χ2v) is 4.22. The zero-order valence-electron chi connectivity index (χ0n) is 10.8. The van der Waals surface area contributed by atoms with E-state index in [1.807, 2.05) is 44.9 Å². The van der Waals surface area contributed by atoms with E-state index in [1.54, 1.807) is 0 Å². The molecule has 10 radical (unpaired) electrons. The van der Waals surface area contributed by atoms with Gasteiger partial charge in [-0.05, 0) is 63.7 Å². The summed E-state index contributed by atoms with van der Waals surface area (Å²) in [5, 5.41) is 0. The number of methoxy groups -OCH3 is 1. The van der Waals surface area contributed by atoms with E-state index >= 15 is 0 Å². The summed E-state index contributed by atoms with van der Waals surface area (Å²) in [7, 11) is 1.43. The van der Waals surface area contributed by atoms with Crippen molar-refractivity contribution in [3.8, 4) is 0 Å². The van der Waals surface area contributed by atoms with Crippen LogP contribution in [0.15, 0.2) is 0 Å². The van der Waals surface area contributed by atoms with Gasteiger partial charge in [0.25, 0.3) is 0 Å². The average molecular weight is 299 g/mol. The van der Waals surface area contributed by atoms with Crippen LogP contribution in [-0.2, 0) is 26.6 Å². The van der Waals surface area contributed by atoms with Crippen LogP contribution in [0.1, 0.15) is 0 Å². The Labute approximate surface area is 127 Å². The van der Waals surface area contributed by atoms with Crippen molar-refractivity contribution in [2.45, 2.75) is 6.04 Å². The van der Waals surface area contributed by atoms with Gasteiger partial charge in [0.05, 0.1) is 7.11 Å². The number of hydrogen-bond donors (Lipinski definition) is 0. The number of nitrogens with zero attached hydrogens (tertiary/aromatic N) is 1. The van der Waals surface area contributed by atoms with Crippen molar-refractivity contribution in [3.63, 3.8) is 0 Å². The minimum absolute atomic E-state index is 0. The molecule has 4 heteroatoms. The van der Waals surface area contributed by atoms with Gasteiger partial charge in [-0.25, -0.2) is 0 Å². The number of hydrogen-bond acceptors (Lipinski definition) is 3. The van der Waals surface area contributed by atoms with E-state index in [2.05, 4.69) is 22.5 Å². The first-order valence-corrected chi connectivity index (χ1v) is 6.00. The van der Waals surface area contributed by atoms with Gasteiger partial charge in [0.1, 0.15) is 6.04 Å². The molecular formula is C15H17FeNO2+2. The third kappa shape index (κ3) is 5.85. The Morgan fingerprint density at radius 2 is 1.68 bits per heavy atom. The maximum Gasteiger partial charge on any atom is 2.00 e. The first-order valence-electron chi connectivity index (χ1n) is 6.00. The van der Waals surface area contributed by atoms with Crippen LogP contribution in [0.5, 0.6) is 0 Å². The zero-order chi connectivity index (χ0) is 12.8. The van der Waals surface area contributed by atoms with Gasteiger partial charge in [-0.2, -0.15) is 0 Å². The molecule has 2 atom stereocenters. The molecule has 0 aromatic rings. The fourth-order valence-corrected chi connectivity index (χ4v) is 1.78. The van der Waals surface area contributed by atoms with E-state index in [0.717, 1.165) is 13.1 Å². The Hall–Kier alpha value is -0.0505. The molecule has 100 valence electrons.